The van der Waals surface area contributed by atoms with E-state index >= 15 is 0 Å². The number of halogens is 2. The molecule has 58 valence electrons. The van der Waals surface area contributed by atoms with Crippen molar-refractivity contribution in [2.24, 2.45) is 0 Å². The first-order valence-electron chi connectivity index (χ1n) is 2.79. The van der Waals surface area contributed by atoms with Crippen LogP contribution in [0.15, 0.2) is 18.2 Å². The molecule has 0 aromatic heterocycles. The molecular weight excluding hydrogens is 233 g/mol. The summed E-state index contributed by atoms with van der Waals surface area (Å²) in [4.78, 5) is 10.6. The van der Waals surface area contributed by atoms with Crippen molar-refractivity contribution in [3.05, 3.63) is 29.6 Å². The summed E-state index contributed by atoms with van der Waals surface area (Å²) in [6.45, 7) is 0. The van der Waals surface area contributed by atoms with Gasteiger partial charge >= 0.3 is 76.1 Å². The molecule has 0 aliphatic rings. The number of hydrogen-bond acceptors (Lipinski definition) is 1. The maximum atomic E-state index is 12.5. The minimum atomic E-state index is -0.639. The summed E-state index contributed by atoms with van der Waals surface area (Å²) in [5, 5.41) is -0.639. The van der Waals surface area contributed by atoms with Crippen molar-refractivity contribution in [3.8, 4) is 0 Å². The van der Waals surface area contributed by atoms with Crippen molar-refractivity contribution in [1.82, 2.24) is 0 Å². The van der Waals surface area contributed by atoms with Crippen molar-refractivity contribution in [2.45, 2.75) is 0 Å². The second kappa shape index (κ2) is 3.35. The summed E-state index contributed by atoms with van der Waals surface area (Å²) in [6, 6.07) is 3.88. The van der Waals surface area contributed by atoms with Crippen molar-refractivity contribution >= 4 is 37.3 Å². The van der Waals surface area contributed by atoms with Crippen LogP contribution in [0.5, 0.6) is 0 Å². The van der Waals surface area contributed by atoms with Gasteiger partial charge in [-0.25, -0.2) is 0 Å². The van der Waals surface area contributed by atoms with Crippen LogP contribution in [-0.2, 0) is 0 Å². The van der Waals surface area contributed by atoms with E-state index < -0.39 is 11.1 Å². The van der Waals surface area contributed by atoms with Gasteiger partial charge in [-0.3, -0.25) is 0 Å². The topological polar surface area (TPSA) is 17.1 Å². The van der Waals surface area contributed by atoms with Gasteiger partial charge in [-0.15, -0.1) is 0 Å². The van der Waals surface area contributed by atoms with E-state index in [0.717, 1.165) is 6.07 Å². The Kier molecular flexibility index (Phi) is 2.66. The maximum absolute atomic E-state index is 12.5. The second-order valence-electron chi connectivity index (χ2n) is 1.94. The summed E-state index contributed by atoms with van der Waals surface area (Å²) in [7, 11) is 0. The number of rotatable bonds is 1. The van der Waals surface area contributed by atoms with E-state index in [1.54, 1.807) is 0 Å². The van der Waals surface area contributed by atoms with Gasteiger partial charge in [0.25, 0.3) is 0 Å². The number of benzene rings is 1. The van der Waals surface area contributed by atoms with Crippen LogP contribution in [0.1, 0.15) is 10.4 Å². The first kappa shape index (κ1) is 8.72. The molecule has 0 heterocycles. The predicted molar refractivity (Wildman–Crippen MR) is 43.4 cm³/mol. The Hall–Kier alpha value is -0.371. The molecule has 11 heavy (non-hydrogen) atoms. The van der Waals surface area contributed by atoms with Gasteiger partial charge in [-0.1, -0.05) is 0 Å². The summed E-state index contributed by atoms with van der Waals surface area (Å²) < 4.78 is 13.1. The number of carbonyl (C=O) groups excluding carboxylic acids is 1. The van der Waals surface area contributed by atoms with Gasteiger partial charge in [0.05, 0.1) is 0 Å². The minimum absolute atomic E-state index is 0.201. The molecule has 0 atom stereocenters. The molecule has 0 aliphatic carbocycles. The van der Waals surface area contributed by atoms with E-state index in [4.69, 9.17) is 11.6 Å². The molecule has 1 aromatic carbocycles. The van der Waals surface area contributed by atoms with Crippen molar-refractivity contribution in [1.29, 1.82) is 0 Å². The molecule has 0 amide bonds. The van der Waals surface area contributed by atoms with E-state index in [0.29, 0.717) is 4.46 Å². The van der Waals surface area contributed by atoms with Crippen LogP contribution in [-0.4, -0.2) is 21.3 Å². The van der Waals surface area contributed by atoms with Crippen LogP contribution in [0, 0.1) is 5.82 Å². The summed E-state index contributed by atoms with van der Waals surface area (Å²) in [6.07, 6.45) is 0. The third-order valence-corrected chi connectivity index (χ3v) is 2.19. The van der Waals surface area contributed by atoms with Crippen molar-refractivity contribution < 1.29 is 9.18 Å². The van der Waals surface area contributed by atoms with Gasteiger partial charge in [-0.2, -0.15) is 0 Å². The van der Waals surface area contributed by atoms with Crippen LogP contribution < -0.4 is 4.46 Å². The van der Waals surface area contributed by atoms with Gasteiger partial charge in [0.15, 0.2) is 0 Å². The first-order valence-corrected chi connectivity index (χ1v) is 4.11. The Bertz CT molecular complexity index is 300. The Morgan fingerprint density at radius 2 is 2.18 bits per heavy atom. The molecule has 0 fully saturated rings. The normalized spacial score (nSPS) is 9.73. The molecule has 1 aromatic rings. The molecule has 0 N–H and O–H groups in total. The Morgan fingerprint density at radius 1 is 1.55 bits per heavy atom. The fraction of sp³-hybridized carbons (Fsp3) is 0. The Labute approximate surface area is 76.4 Å². The molecule has 0 saturated heterocycles. The van der Waals surface area contributed by atoms with Gasteiger partial charge < -0.3 is 0 Å². The van der Waals surface area contributed by atoms with Gasteiger partial charge in [0.2, 0.25) is 0 Å². The molecule has 0 aliphatic heterocycles. The quantitative estimate of drug-likeness (QED) is 0.520. The third-order valence-electron chi connectivity index (χ3n) is 1.17. The second-order valence-corrected chi connectivity index (χ2v) is 3.29. The molecule has 0 unspecified atom stereocenters. The van der Waals surface area contributed by atoms with Crippen LogP contribution in [0.4, 0.5) is 4.39 Å². The molecule has 4 heteroatoms. The molecule has 1 nitrogen and oxygen atoms in total. The first-order chi connectivity index (χ1) is 5.11. The molecule has 0 spiro atoms. The average Bonchev–Trinajstić information content (AvgIpc) is 1.94. The van der Waals surface area contributed by atoms with Crippen LogP contribution in [0.25, 0.3) is 0 Å². The van der Waals surface area contributed by atoms with E-state index in [1.807, 2.05) is 0 Å². The SMILES string of the molecule is O=C(Cl)c1cc(F)ccc1[SeH]. The molecular formula is C7H4ClFOSe. The number of hydrogen-bond donors (Lipinski definition) is 0. The van der Waals surface area contributed by atoms with Crippen molar-refractivity contribution in [2.75, 3.05) is 0 Å². The zero-order chi connectivity index (χ0) is 8.43. The van der Waals surface area contributed by atoms with Gasteiger partial charge in [0.1, 0.15) is 0 Å². The van der Waals surface area contributed by atoms with E-state index in [1.165, 1.54) is 12.1 Å². The predicted octanol–water partition coefficient (Wildman–Crippen LogP) is 0.731. The Morgan fingerprint density at radius 3 is 2.64 bits per heavy atom. The molecule has 1 rings (SSSR count). The summed E-state index contributed by atoms with van der Waals surface area (Å²) in [5.41, 5.74) is 0.201. The monoisotopic (exact) mass is 238 g/mol. The van der Waals surface area contributed by atoms with Crippen LogP contribution in [0.2, 0.25) is 0 Å². The number of carbonyl (C=O) groups is 1. The molecule has 0 saturated carbocycles. The average molecular weight is 238 g/mol. The van der Waals surface area contributed by atoms with Gasteiger partial charge in [0, 0.05) is 0 Å². The van der Waals surface area contributed by atoms with E-state index in [9.17, 15) is 9.18 Å². The van der Waals surface area contributed by atoms with Crippen LogP contribution >= 0.6 is 11.6 Å². The third kappa shape index (κ3) is 2.03. The van der Waals surface area contributed by atoms with E-state index in [2.05, 4.69) is 16.0 Å². The fourth-order valence-corrected chi connectivity index (χ4v) is 1.47. The summed E-state index contributed by atoms with van der Waals surface area (Å²) >= 11 is 7.32. The Balaban J connectivity index is 3.23. The van der Waals surface area contributed by atoms with Gasteiger partial charge in [-0.05, 0) is 0 Å². The summed E-state index contributed by atoms with van der Waals surface area (Å²) in [5.74, 6) is -0.455. The van der Waals surface area contributed by atoms with E-state index in [-0.39, 0.29) is 5.56 Å². The molecule has 0 bridgehead atoms. The fourth-order valence-electron chi connectivity index (χ4n) is 0.666. The van der Waals surface area contributed by atoms with Crippen LogP contribution in [0.3, 0.4) is 0 Å². The molecule has 0 radical (unpaired) electrons. The zero-order valence-electron chi connectivity index (χ0n) is 5.34. The van der Waals surface area contributed by atoms with Crippen molar-refractivity contribution in [3.63, 3.8) is 0 Å². The standard InChI is InChI=1S/C7H4ClFOSe/c8-7(10)5-3-4(9)1-2-6(5)11/h1-3,11H. The zero-order valence-corrected chi connectivity index (χ0v) is 7.98.